The van der Waals surface area contributed by atoms with Gasteiger partial charge in [0, 0.05) is 0 Å². The summed E-state index contributed by atoms with van der Waals surface area (Å²) in [5.41, 5.74) is -1.46. The molecule has 6 nitrogen and oxygen atoms in total. The van der Waals surface area contributed by atoms with Gasteiger partial charge in [0.25, 0.3) is 10.1 Å². The van der Waals surface area contributed by atoms with Crippen molar-refractivity contribution in [3.8, 4) is 0 Å². The molecule has 7 heteroatoms. The first-order valence-corrected chi connectivity index (χ1v) is 6.59. The van der Waals surface area contributed by atoms with Crippen molar-refractivity contribution >= 4 is 16.2 Å². The number of alkyl carbamates (subject to hydrolysis) is 1. The summed E-state index contributed by atoms with van der Waals surface area (Å²) in [5, 5.41) is 2.48. The highest BCUT2D eigenvalue weighted by atomic mass is 32.2. The first-order valence-electron chi connectivity index (χ1n) is 4.98. The van der Waals surface area contributed by atoms with E-state index in [0.717, 1.165) is 0 Å². The molecule has 1 fully saturated rings. The van der Waals surface area contributed by atoms with Crippen LogP contribution in [-0.4, -0.2) is 36.0 Å². The van der Waals surface area contributed by atoms with Crippen molar-refractivity contribution < 1.29 is 22.5 Å². The first-order chi connectivity index (χ1) is 7.02. The molecule has 0 saturated heterocycles. The zero-order chi connectivity index (χ0) is 12.6. The minimum absolute atomic E-state index is 0.459. The van der Waals surface area contributed by atoms with Crippen LogP contribution in [0.25, 0.3) is 0 Å². The molecule has 1 amide bonds. The fourth-order valence-corrected chi connectivity index (χ4v) is 2.38. The molecule has 0 aromatic carbocycles. The molecular formula is C9H17NO5S. The van der Waals surface area contributed by atoms with E-state index in [1.807, 2.05) is 0 Å². The standard InChI is InChI=1S/C9H17NO5S/c1-8(2,3)15-7(11)10-9(4-5-9)6-16(12,13)14/h4-6H2,1-3H3,(H,10,11)(H,12,13,14). The Morgan fingerprint density at radius 1 is 1.44 bits per heavy atom. The summed E-state index contributed by atoms with van der Waals surface area (Å²) in [4.78, 5) is 11.4. The van der Waals surface area contributed by atoms with Gasteiger partial charge in [0.1, 0.15) is 5.60 Å². The molecule has 0 atom stereocenters. The van der Waals surface area contributed by atoms with Gasteiger partial charge in [-0.3, -0.25) is 4.55 Å². The van der Waals surface area contributed by atoms with Gasteiger partial charge in [0.15, 0.2) is 0 Å². The molecule has 94 valence electrons. The zero-order valence-corrected chi connectivity index (χ0v) is 10.4. The Labute approximate surface area is 95.1 Å². The van der Waals surface area contributed by atoms with E-state index in [1.54, 1.807) is 20.8 Å². The molecule has 0 radical (unpaired) electrons. The summed E-state index contributed by atoms with van der Waals surface area (Å²) >= 11 is 0. The highest BCUT2D eigenvalue weighted by molar-refractivity contribution is 7.85. The van der Waals surface area contributed by atoms with Crippen LogP contribution in [0.3, 0.4) is 0 Å². The Morgan fingerprint density at radius 2 is 1.94 bits per heavy atom. The van der Waals surface area contributed by atoms with Crippen molar-refractivity contribution in [3.05, 3.63) is 0 Å². The minimum atomic E-state index is -4.08. The molecule has 0 aliphatic heterocycles. The maximum atomic E-state index is 11.4. The normalized spacial score (nSPS) is 19.0. The topological polar surface area (TPSA) is 92.7 Å². The van der Waals surface area contributed by atoms with Gasteiger partial charge in [-0.15, -0.1) is 0 Å². The lowest BCUT2D eigenvalue weighted by molar-refractivity contribution is 0.0502. The Morgan fingerprint density at radius 3 is 2.25 bits per heavy atom. The van der Waals surface area contributed by atoms with Crippen LogP contribution in [-0.2, 0) is 14.9 Å². The number of rotatable bonds is 3. The van der Waals surface area contributed by atoms with E-state index in [2.05, 4.69) is 5.32 Å². The lowest BCUT2D eigenvalue weighted by atomic mass is 10.2. The third-order valence-electron chi connectivity index (χ3n) is 2.08. The van der Waals surface area contributed by atoms with Crippen molar-refractivity contribution in [1.29, 1.82) is 0 Å². The molecule has 0 aromatic heterocycles. The van der Waals surface area contributed by atoms with Crippen LogP contribution in [0.1, 0.15) is 33.6 Å². The molecule has 0 bridgehead atoms. The lowest BCUT2D eigenvalue weighted by Crippen LogP contribution is -2.44. The van der Waals surface area contributed by atoms with Gasteiger partial charge in [-0.25, -0.2) is 4.79 Å². The number of hydrogen-bond donors (Lipinski definition) is 2. The monoisotopic (exact) mass is 251 g/mol. The highest BCUT2D eigenvalue weighted by Crippen LogP contribution is 2.36. The average Bonchev–Trinajstić information content (AvgIpc) is 2.58. The van der Waals surface area contributed by atoms with E-state index in [0.29, 0.717) is 12.8 Å². The molecule has 1 rings (SSSR count). The summed E-state index contributed by atoms with van der Waals surface area (Å²) < 4.78 is 35.2. The van der Waals surface area contributed by atoms with E-state index >= 15 is 0 Å². The fraction of sp³-hybridized carbons (Fsp3) is 0.889. The molecule has 16 heavy (non-hydrogen) atoms. The molecule has 0 aromatic rings. The Balaban J connectivity index is 2.52. The van der Waals surface area contributed by atoms with Crippen molar-refractivity contribution in [2.45, 2.75) is 44.8 Å². The van der Waals surface area contributed by atoms with Crippen molar-refractivity contribution in [1.82, 2.24) is 5.32 Å². The summed E-state index contributed by atoms with van der Waals surface area (Å²) in [6.45, 7) is 5.15. The molecule has 0 spiro atoms. The second-order valence-electron chi connectivity index (χ2n) is 5.13. The minimum Gasteiger partial charge on any atom is -0.444 e. The van der Waals surface area contributed by atoms with Gasteiger partial charge in [-0.1, -0.05) is 0 Å². The molecule has 1 aliphatic carbocycles. The summed E-state index contributed by atoms with van der Waals surface area (Å²) in [7, 11) is -4.08. The second kappa shape index (κ2) is 3.89. The van der Waals surface area contributed by atoms with Crippen LogP contribution in [0.15, 0.2) is 0 Å². The third-order valence-corrected chi connectivity index (χ3v) is 3.00. The zero-order valence-electron chi connectivity index (χ0n) is 9.61. The number of amides is 1. The molecule has 1 saturated carbocycles. The van der Waals surface area contributed by atoms with Crippen LogP contribution in [0.2, 0.25) is 0 Å². The van der Waals surface area contributed by atoms with Gasteiger partial charge in [-0.2, -0.15) is 8.42 Å². The SMILES string of the molecule is CC(C)(C)OC(=O)NC1(CS(=O)(=O)O)CC1. The molecule has 0 heterocycles. The maximum Gasteiger partial charge on any atom is 0.408 e. The number of hydrogen-bond acceptors (Lipinski definition) is 4. The quantitative estimate of drug-likeness (QED) is 0.728. The van der Waals surface area contributed by atoms with E-state index in [4.69, 9.17) is 9.29 Å². The predicted molar refractivity (Wildman–Crippen MR) is 57.8 cm³/mol. The number of ether oxygens (including phenoxy) is 1. The molecule has 0 unspecified atom stereocenters. The summed E-state index contributed by atoms with van der Waals surface area (Å²) in [6, 6.07) is 0. The van der Waals surface area contributed by atoms with Gasteiger partial charge >= 0.3 is 6.09 Å². The van der Waals surface area contributed by atoms with Crippen LogP contribution < -0.4 is 5.32 Å². The molecule has 2 N–H and O–H groups in total. The molecular weight excluding hydrogens is 234 g/mol. The predicted octanol–water partition coefficient (Wildman–Crippen LogP) is 0.931. The van der Waals surface area contributed by atoms with Crippen molar-refractivity contribution in [2.24, 2.45) is 0 Å². The van der Waals surface area contributed by atoms with Crippen LogP contribution >= 0.6 is 0 Å². The fourth-order valence-electron chi connectivity index (χ4n) is 1.33. The van der Waals surface area contributed by atoms with Crippen molar-refractivity contribution in [3.63, 3.8) is 0 Å². The van der Waals surface area contributed by atoms with Crippen LogP contribution in [0.5, 0.6) is 0 Å². The molecule has 1 aliphatic rings. The Hall–Kier alpha value is -0.820. The maximum absolute atomic E-state index is 11.4. The van der Waals surface area contributed by atoms with Crippen LogP contribution in [0, 0.1) is 0 Å². The number of carbonyl (C=O) groups is 1. The Kier molecular flexibility index (Phi) is 3.22. The highest BCUT2D eigenvalue weighted by Gasteiger charge is 2.48. The largest absolute Gasteiger partial charge is 0.444 e. The number of carbonyl (C=O) groups excluding carboxylic acids is 1. The third kappa shape index (κ3) is 4.80. The van der Waals surface area contributed by atoms with Gasteiger partial charge in [0.05, 0.1) is 11.3 Å². The summed E-state index contributed by atoms with van der Waals surface area (Å²) in [6.07, 6.45) is 0.409. The number of nitrogens with one attached hydrogen (secondary N) is 1. The van der Waals surface area contributed by atoms with Crippen LogP contribution in [0.4, 0.5) is 4.79 Å². The van der Waals surface area contributed by atoms with E-state index in [1.165, 1.54) is 0 Å². The first kappa shape index (κ1) is 13.2. The summed E-state index contributed by atoms with van der Waals surface area (Å²) in [5.74, 6) is -0.459. The van der Waals surface area contributed by atoms with E-state index in [-0.39, 0.29) is 0 Å². The smallest absolute Gasteiger partial charge is 0.408 e. The lowest BCUT2D eigenvalue weighted by Gasteiger charge is -2.22. The van der Waals surface area contributed by atoms with E-state index < -0.39 is 33.1 Å². The van der Waals surface area contributed by atoms with Gasteiger partial charge in [0.2, 0.25) is 0 Å². The Bertz CT molecular complexity index is 377. The van der Waals surface area contributed by atoms with E-state index in [9.17, 15) is 13.2 Å². The van der Waals surface area contributed by atoms with Gasteiger partial charge in [-0.05, 0) is 33.6 Å². The van der Waals surface area contributed by atoms with Gasteiger partial charge < -0.3 is 10.1 Å². The average molecular weight is 251 g/mol. The second-order valence-corrected chi connectivity index (χ2v) is 6.59. The van der Waals surface area contributed by atoms with Crippen molar-refractivity contribution in [2.75, 3.05) is 5.75 Å².